The molecule has 1 atom stereocenters. The summed E-state index contributed by atoms with van der Waals surface area (Å²) in [4.78, 5) is 41.8. The third kappa shape index (κ3) is 4.93. The smallest absolute Gasteiger partial charge is 0.338 e. The zero-order valence-electron chi connectivity index (χ0n) is 20.5. The zero-order valence-corrected chi connectivity index (χ0v) is 22.1. The number of ether oxygens (including phenoxy) is 1. The molecule has 0 amide bonds. The van der Waals surface area contributed by atoms with Gasteiger partial charge in [-0.25, -0.2) is 9.79 Å². The van der Waals surface area contributed by atoms with E-state index < -0.39 is 34.0 Å². The van der Waals surface area contributed by atoms with E-state index in [1.807, 2.05) is 0 Å². The van der Waals surface area contributed by atoms with Crippen LogP contribution in [0.4, 0.5) is 10.1 Å². The van der Waals surface area contributed by atoms with Crippen molar-refractivity contribution < 1.29 is 23.3 Å². The number of furan rings is 1. The number of esters is 1. The van der Waals surface area contributed by atoms with Crippen LogP contribution >= 0.6 is 22.9 Å². The lowest BCUT2D eigenvalue weighted by Crippen LogP contribution is -2.39. The maximum absolute atomic E-state index is 13.7. The molecule has 2 aromatic heterocycles. The lowest BCUT2D eigenvalue weighted by atomic mass is 9.96. The van der Waals surface area contributed by atoms with Gasteiger partial charge in [-0.05, 0) is 55.8 Å². The summed E-state index contributed by atoms with van der Waals surface area (Å²) in [5.74, 6) is -0.968. The van der Waals surface area contributed by atoms with Crippen LogP contribution in [-0.4, -0.2) is 22.1 Å². The summed E-state index contributed by atoms with van der Waals surface area (Å²) in [7, 11) is 0. The summed E-state index contributed by atoms with van der Waals surface area (Å²) < 4.78 is 26.5. The highest BCUT2D eigenvalue weighted by Crippen LogP contribution is 2.32. The Hall–Kier alpha value is -4.35. The number of benzene rings is 2. The zero-order chi connectivity index (χ0) is 27.8. The van der Waals surface area contributed by atoms with Gasteiger partial charge in [-0.15, -0.1) is 0 Å². The van der Waals surface area contributed by atoms with E-state index in [-0.39, 0.29) is 22.5 Å². The minimum absolute atomic E-state index is 0.158. The highest BCUT2D eigenvalue weighted by Gasteiger charge is 2.33. The SMILES string of the molecule is CCOC(=O)C1=C(C)N=c2s/c(=C\c3ccc(-c4ccc(F)c([N+](=O)[O-])c4)o3)c(=O)n2[C@@H]1c1ccc(Cl)cc1. The molecule has 0 fully saturated rings. The predicted octanol–water partition coefficient (Wildman–Crippen LogP) is 4.76. The third-order valence-electron chi connectivity index (χ3n) is 6.03. The number of carbonyl (C=O) groups excluding carboxylic acids is 1. The van der Waals surface area contributed by atoms with E-state index in [4.69, 9.17) is 20.8 Å². The van der Waals surface area contributed by atoms with Crippen molar-refractivity contribution in [3.8, 4) is 11.3 Å². The van der Waals surface area contributed by atoms with E-state index in [0.29, 0.717) is 32.4 Å². The number of hydrogen-bond donors (Lipinski definition) is 0. The molecular formula is C27H19ClFN3O6S. The van der Waals surface area contributed by atoms with Crippen LogP contribution in [0.15, 0.2) is 80.1 Å². The van der Waals surface area contributed by atoms with Crippen molar-refractivity contribution in [2.75, 3.05) is 6.61 Å². The number of thiazole rings is 1. The second-order valence-electron chi connectivity index (χ2n) is 8.48. The molecule has 12 heteroatoms. The van der Waals surface area contributed by atoms with Gasteiger partial charge in [0.1, 0.15) is 11.5 Å². The number of aromatic nitrogens is 1. The number of fused-ring (bicyclic) bond motifs is 1. The topological polar surface area (TPSA) is 117 Å². The van der Waals surface area contributed by atoms with Gasteiger partial charge in [-0.3, -0.25) is 19.5 Å². The van der Waals surface area contributed by atoms with Gasteiger partial charge in [0.15, 0.2) is 4.80 Å². The second-order valence-corrected chi connectivity index (χ2v) is 9.92. The molecule has 0 saturated carbocycles. The van der Waals surface area contributed by atoms with Gasteiger partial charge in [-0.1, -0.05) is 35.1 Å². The van der Waals surface area contributed by atoms with Crippen LogP contribution in [-0.2, 0) is 9.53 Å². The number of nitro benzene ring substituents is 1. The molecule has 0 unspecified atom stereocenters. The molecule has 0 aliphatic carbocycles. The molecule has 0 N–H and O–H groups in total. The van der Waals surface area contributed by atoms with Crippen LogP contribution < -0.4 is 14.9 Å². The third-order valence-corrected chi connectivity index (χ3v) is 7.27. The van der Waals surface area contributed by atoms with Gasteiger partial charge < -0.3 is 9.15 Å². The number of carbonyl (C=O) groups is 1. The quantitative estimate of drug-likeness (QED) is 0.188. The number of nitro groups is 1. The number of hydrogen-bond acceptors (Lipinski definition) is 8. The van der Waals surface area contributed by atoms with Gasteiger partial charge >= 0.3 is 11.7 Å². The highest BCUT2D eigenvalue weighted by atomic mass is 35.5. The lowest BCUT2D eigenvalue weighted by molar-refractivity contribution is -0.387. The van der Waals surface area contributed by atoms with Crippen molar-refractivity contribution >= 4 is 40.7 Å². The molecule has 1 aliphatic heterocycles. The molecule has 0 saturated heterocycles. The molecule has 1 aliphatic rings. The molecule has 4 aromatic rings. The molecule has 9 nitrogen and oxygen atoms in total. The molecule has 0 spiro atoms. The van der Waals surface area contributed by atoms with E-state index in [2.05, 4.69) is 4.99 Å². The van der Waals surface area contributed by atoms with Crippen LogP contribution in [0, 0.1) is 15.9 Å². The Kier molecular flexibility index (Phi) is 7.02. The number of allylic oxidation sites excluding steroid dienone is 1. The van der Waals surface area contributed by atoms with Crippen molar-refractivity contribution in [1.82, 2.24) is 4.57 Å². The Balaban J connectivity index is 1.61. The summed E-state index contributed by atoms with van der Waals surface area (Å²) in [6.07, 6.45) is 1.52. The minimum Gasteiger partial charge on any atom is -0.463 e. The average molecular weight is 568 g/mol. The fourth-order valence-electron chi connectivity index (χ4n) is 4.27. The minimum atomic E-state index is -0.954. The first kappa shape index (κ1) is 26.3. The Morgan fingerprint density at radius 3 is 2.69 bits per heavy atom. The van der Waals surface area contributed by atoms with Gasteiger partial charge in [0, 0.05) is 22.7 Å². The van der Waals surface area contributed by atoms with Gasteiger partial charge in [-0.2, -0.15) is 4.39 Å². The summed E-state index contributed by atoms with van der Waals surface area (Å²) in [6.45, 7) is 3.54. The maximum Gasteiger partial charge on any atom is 0.338 e. The lowest BCUT2D eigenvalue weighted by Gasteiger charge is -2.24. The largest absolute Gasteiger partial charge is 0.463 e. The second kappa shape index (κ2) is 10.4. The van der Waals surface area contributed by atoms with E-state index in [9.17, 15) is 24.1 Å². The number of halogens is 2. The van der Waals surface area contributed by atoms with Crippen molar-refractivity contribution in [3.63, 3.8) is 0 Å². The summed E-state index contributed by atoms with van der Waals surface area (Å²) in [5.41, 5.74) is 0.567. The first-order valence-corrected chi connectivity index (χ1v) is 12.9. The monoisotopic (exact) mass is 567 g/mol. The Bertz CT molecular complexity index is 1840. The summed E-state index contributed by atoms with van der Waals surface area (Å²) in [5, 5.41) is 11.6. The van der Waals surface area contributed by atoms with Crippen molar-refractivity contribution in [2.24, 2.45) is 4.99 Å². The molecule has 0 radical (unpaired) electrons. The summed E-state index contributed by atoms with van der Waals surface area (Å²) in [6, 6.07) is 12.6. The molecule has 3 heterocycles. The van der Waals surface area contributed by atoms with Crippen LogP contribution in [0.5, 0.6) is 0 Å². The molecular weight excluding hydrogens is 549 g/mol. The van der Waals surface area contributed by atoms with Crippen LogP contribution in [0.1, 0.15) is 31.2 Å². The predicted molar refractivity (Wildman–Crippen MR) is 143 cm³/mol. The molecule has 198 valence electrons. The summed E-state index contributed by atoms with van der Waals surface area (Å²) >= 11 is 7.20. The standard InChI is InChI=1S/C27H19ClFN3O6S/c1-3-37-26(34)23-14(2)30-27-31(24(23)15-4-7-17(28)8-5-15)25(33)22(39-27)13-18-9-11-21(38-18)16-6-10-19(29)20(12-16)32(35)36/h4-13,24H,3H2,1-2H3/b22-13-/t24-/m1/s1. The van der Waals surface area contributed by atoms with Crippen molar-refractivity contribution in [3.05, 3.63) is 118 Å². The first-order valence-electron chi connectivity index (χ1n) is 11.7. The van der Waals surface area contributed by atoms with Crippen LogP contribution in [0.3, 0.4) is 0 Å². The van der Waals surface area contributed by atoms with E-state index in [1.54, 1.807) is 50.2 Å². The number of rotatable bonds is 6. The van der Waals surface area contributed by atoms with E-state index in [0.717, 1.165) is 23.5 Å². The Morgan fingerprint density at radius 2 is 2.00 bits per heavy atom. The normalized spacial score (nSPS) is 15.2. The maximum atomic E-state index is 13.7. The van der Waals surface area contributed by atoms with Crippen LogP contribution in [0.25, 0.3) is 17.4 Å². The fraction of sp³-hybridized carbons (Fsp3) is 0.148. The van der Waals surface area contributed by atoms with Crippen molar-refractivity contribution in [1.29, 1.82) is 0 Å². The first-order chi connectivity index (χ1) is 18.7. The fourth-order valence-corrected chi connectivity index (χ4v) is 5.43. The van der Waals surface area contributed by atoms with Crippen LogP contribution in [0.2, 0.25) is 5.02 Å². The highest BCUT2D eigenvalue weighted by molar-refractivity contribution is 7.07. The van der Waals surface area contributed by atoms with E-state index in [1.165, 1.54) is 16.7 Å². The Labute approximate surface area is 228 Å². The number of nitrogens with zero attached hydrogens (tertiary/aromatic N) is 3. The van der Waals surface area contributed by atoms with Gasteiger partial charge in [0.25, 0.3) is 5.56 Å². The molecule has 2 aromatic carbocycles. The van der Waals surface area contributed by atoms with E-state index >= 15 is 0 Å². The molecule has 5 rings (SSSR count). The van der Waals surface area contributed by atoms with Gasteiger partial charge in [0.2, 0.25) is 5.82 Å². The average Bonchev–Trinajstić information content (AvgIpc) is 3.48. The Morgan fingerprint density at radius 1 is 1.26 bits per heavy atom. The van der Waals surface area contributed by atoms with Gasteiger partial charge in [0.05, 0.1) is 33.4 Å². The van der Waals surface area contributed by atoms with Crippen molar-refractivity contribution in [2.45, 2.75) is 19.9 Å². The molecule has 39 heavy (non-hydrogen) atoms. The molecule has 0 bridgehead atoms.